The van der Waals surface area contributed by atoms with E-state index in [1.165, 1.54) is 12.8 Å². The van der Waals surface area contributed by atoms with Crippen LogP contribution in [0.25, 0.3) is 0 Å². The fourth-order valence-electron chi connectivity index (χ4n) is 3.37. The maximum Gasteiger partial charge on any atom is 0.286 e. The molecule has 2 rings (SSSR count). The number of carbonyl (C=O) groups excluding carboxylic acids is 1. The third-order valence-electron chi connectivity index (χ3n) is 4.62. The van der Waals surface area contributed by atoms with Gasteiger partial charge in [0, 0.05) is 25.2 Å². The summed E-state index contributed by atoms with van der Waals surface area (Å²) >= 11 is 0. The SMILES string of the molecule is CCO[C@H]1OC(C(=O)NC2CCCC2)=C[C@@H](C)[C@H]1CCCO. The average molecular weight is 311 g/mol. The molecule has 2 N–H and O–H groups in total. The van der Waals surface area contributed by atoms with E-state index in [0.717, 1.165) is 25.7 Å². The highest BCUT2D eigenvalue weighted by Crippen LogP contribution is 2.32. The molecule has 0 aromatic carbocycles. The predicted octanol–water partition coefficient (Wildman–Crippen LogP) is 2.35. The number of nitrogens with one attached hydrogen (secondary N) is 1. The number of aliphatic hydroxyl groups excluding tert-OH is 1. The lowest BCUT2D eigenvalue weighted by molar-refractivity contribution is -0.171. The first-order valence-corrected chi connectivity index (χ1v) is 8.57. The minimum Gasteiger partial charge on any atom is -0.459 e. The monoisotopic (exact) mass is 311 g/mol. The molecule has 2 aliphatic rings. The van der Waals surface area contributed by atoms with Crippen LogP contribution in [-0.2, 0) is 14.3 Å². The molecule has 0 bridgehead atoms. The highest BCUT2D eigenvalue weighted by molar-refractivity contribution is 5.91. The van der Waals surface area contributed by atoms with Gasteiger partial charge < -0.3 is 19.9 Å². The second-order valence-electron chi connectivity index (χ2n) is 6.32. The fraction of sp³-hybridized carbons (Fsp3) is 0.824. The van der Waals surface area contributed by atoms with Crippen LogP contribution in [0.1, 0.15) is 52.4 Å². The third-order valence-corrected chi connectivity index (χ3v) is 4.62. The van der Waals surface area contributed by atoms with Gasteiger partial charge in [0.1, 0.15) is 0 Å². The Hall–Kier alpha value is -1.07. The second-order valence-corrected chi connectivity index (χ2v) is 6.32. The van der Waals surface area contributed by atoms with Gasteiger partial charge in [0.15, 0.2) is 5.76 Å². The summed E-state index contributed by atoms with van der Waals surface area (Å²) in [4.78, 5) is 12.4. The zero-order valence-corrected chi connectivity index (χ0v) is 13.7. The first-order chi connectivity index (χ1) is 10.7. The van der Waals surface area contributed by atoms with Crippen molar-refractivity contribution < 1.29 is 19.4 Å². The van der Waals surface area contributed by atoms with Crippen molar-refractivity contribution in [1.82, 2.24) is 5.32 Å². The number of ether oxygens (including phenoxy) is 2. The molecular formula is C17H29NO4. The van der Waals surface area contributed by atoms with Gasteiger partial charge in [-0.3, -0.25) is 4.79 Å². The molecule has 5 heteroatoms. The van der Waals surface area contributed by atoms with Gasteiger partial charge in [0.05, 0.1) is 0 Å². The molecular weight excluding hydrogens is 282 g/mol. The minimum atomic E-state index is -0.402. The van der Waals surface area contributed by atoms with E-state index in [2.05, 4.69) is 12.2 Å². The van der Waals surface area contributed by atoms with Crippen molar-refractivity contribution >= 4 is 5.91 Å². The number of rotatable bonds is 7. The van der Waals surface area contributed by atoms with E-state index in [-0.39, 0.29) is 30.4 Å². The molecule has 0 saturated heterocycles. The summed E-state index contributed by atoms with van der Waals surface area (Å²) in [6, 6.07) is 0.282. The van der Waals surface area contributed by atoms with E-state index >= 15 is 0 Å². The molecule has 0 aromatic heterocycles. The summed E-state index contributed by atoms with van der Waals surface area (Å²) in [5.74, 6) is 0.637. The molecule has 22 heavy (non-hydrogen) atoms. The minimum absolute atomic E-state index is 0.121. The molecule has 1 heterocycles. The van der Waals surface area contributed by atoms with Crippen molar-refractivity contribution in [3.05, 3.63) is 11.8 Å². The number of carbonyl (C=O) groups is 1. The summed E-state index contributed by atoms with van der Waals surface area (Å²) in [6.45, 7) is 4.72. The van der Waals surface area contributed by atoms with Crippen LogP contribution in [0.3, 0.4) is 0 Å². The molecule has 126 valence electrons. The number of aliphatic hydroxyl groups is 1. The molecule has 0 radical (unpaired) electrons. The van der Waals surface area contributed by atoms with E-state index in [1.54, 1.807) is 0 Å². The van der Waals surface area contributed by atoms with Crippen LogP contribution in [0.4, 0.5) is 0 Å². The Morgan fingerprint density at radius 1 is 1.45 bits per heavy atom. The van der Waals surface area contributed by atoms with Gasteiger partial charge >= 0.3 is 0 Å². The molecule has 1 aliphatic heterocycles. The molecule has 1 amide bonds. The Kier molecular flexibility index (Phi) is 6.70. The van der Waals surface area contributed by atoms with Crippen molar-refractivity contribution in [1.29, 1.82) is 0 Å². The Labute approximate surface area is 133 Å². The second kappa shape index (κ2) is 8.53. The molecule has 1 saturated carbocycles. The largest absolute Gasteiger partial charge is 0.459 e. The van der Waals surface area contributed by atoms with Gasteiger partial charge in [-0.05, 0) is 44.6 Å². The number of amides is 1. The van der Waals surface area contributed by atoms with Crippen molar-refractivity contribution in [3.63, 3.8) is 0 Å². The van der Waals surface area contributed by atoms with Crippen LogP contribution >= 0.6 is 0 Å². The lowest BCUT2D eigenvalue weighted by Gasteiger charge is -2.35. The van der Waals surface area contributed by atoms with E-state index in [9.17, 15) is 4.79 Å². The maximum absolute atomic E-state index is 12.4. The van der Waals surface area contributed by atoms with Crippen LogP contribution < -0.4 is 5.32 Å². The lowest BCUT2D eigenvalue weighted by atomic mass is 9.86. The highest BCUT2D eigenvalue weighted by atomic mass is 16.7. The predicted molar refractivity (Wildman–Crippen MR) is 84.0 cm³/mol. The Balaban J connectivity index is 2.00. The summed E-state index contributed by atoms with van der Waals surface area (Å²) in [7, 11) is 0. The summed E-state index contributed by atoms with van der Waals surface area (Å²) in [5, 5.41) is 12.1. The summed E-state index contributed by atoms with van der Waals surface area (Å²) in [6.07, 6.45) is 7.54. The number of hydrogen-bond donors (Lipinski definition) is 2. The van der Waals surface area contributed by atoms with Gasteiger partial charge in [0.2, 0.25) is 6.29 Å². The van der Waals surface area contributed by atoms with Crippen molar-refractivity contribution in [3.8, 4) is 0 Å². The first-order valence-electron chi connectivity index (χ1n) is 8.57. The van der Waals surface area contributed by atoms with E-state index in [0.29, 0.717) is 12.4 Å². The molecule has 0 aromatic rings. The molecule has 1 aliphatic carbocycles. The van der Waals surface area contributed by atoms with Crippen LogP contribution in [0.5, 0.6) is 0 Å². The lowest BCUT2D eigenvalue weighted by Crippen LogP contribution is -2.41. The van der Waals surface area contributed by atoms with Crippen LogP contribution in [-0.4, -0.2) is 36.6 Å². The summed E-state index contributed by atoms with van der Waals surface area (Å²) in [5.41, 5.74) is 0. The molecule has 1 fully saturated rings. The molecule has 0 spiro atoms. The van der Waals surface area contributed by atoms with Gasteiger partial charge in [-0.2, -0.15) is 0 Å². The van der Waals surface area contributed by atoms with Crippen molar-refractivity contribution in [2.75, 3.05) is 13.2 Å². The Morgan fingerprint density at radius 3 is 2.82 bits per heavy atom. The molecule has 3 atom stereocenters. The van der Waals surface area contributed by atoms with Crippen LogP contribution in [0.15, 0.2) is 11.8 Å². The zero-order valence-electron chi connectivity index (χ0n) is 13.7. The van der Waals surface area contributed by atoms with E-state index in [4.69, 9.17) is 14.6 Å². The van der Waals surface area contributed by atoms with Crippen LogP contribution in [0.2, 0.25) is 0 Å². The quantitative estimate of drug-likeness (QED) is 0.757. The third kappa shape index (κ3) is 4.46. The maximum atomic E-state index is 12.4. The van der Waals surface area contributed by atoms with Gasteiger partial charge in [0.25, 0.3) is 5.91 Å². The van der Waals surface area contributed by atoms with Gasteiger partial charge in [-0.25, -0.2) is 0 Å². The molecule has 5 nitrogen and oxygen atoms in total. The average Bonchev–Trinajstić information content (AvgIpc) is 2.99. The topological polar surface area (TPSA) is 67.8 Å². The standard InChI is InChI=1S/C17H29NO4/c1-3-21-17-14(9-6-10-19)12(2)11-15(22-17)16(20)18-13-7-4-5-8-13/h11-14,17,19H,3-10H2,1-2H3,(H,18,20)/t12-,14-,17+/m1/s1. The smallest absolute Gasteiger partial charge is 0.286 e. The van der Waals surface area contributed by atoms with Crippen molar-refractivity contribution in [2.24, 2.45) is 11.8 Å². The Morgan fingerprint density at radius 2 is 2.18 bits per heavy atom. The summed E-state index contributed by atoms with van der Waals surface area (Å²) < 4.78 is 11.5. The Bertz CT molecular complexity index is 390. The van der Waals surface area contributed by atoms with E-state index in [1.807, 2.05) is 13.0 Å². The van der Waals surface area contributed by atoms with E-state index < -0.39 is 6.29 Å². The van der Waals surface area contributed by atoms with Gasteiger partial charge in [-0.1, -0.05) is 19.8 Å². The zero-order chi connectivity index (χ0) is 15.9. The molecule has 0 unspecified atom stereocenters. The van der Waals surface area contributed by atoms with Gasteiger partial charge in [-0.15, -0.1) is 0 Å². The van der Waals surface area contributed by atoms with Crippen LogP contribution in [0, 0.1) is 11.8 Å². The highest BCUT2D eigenvalue weighted by Gasteiger charge is 2.35. The number of hydrogen-bond acceptors (Lipinski definition) is 4. The fourth-order valence-corrected chi connectivity index (χ4v) is 3.37. The normalized spacial score (nSPS) is 29.0. The number of allylic oxidation sites excluding steroid dienone is 1. The first kappa shape index (κ1) is 17.3. The van der Waals surface area contributed by atoms with Crippen molar-refractivity contribution in [2.45, 2.75) is 64.7 Å².